The van der Waals surface area contributed by atoms with Crippen molar-refractivity contribution in [1.29, 1.82) is 0 Å². The van der Waals surface area contributed by atoms with Gasteiger partial charge in [0.15, 0.2) is 0 Å². The van der Waals surface area contributed by atoms with Crippen molar-refractivity contribution in [3.05, 3.63) is 59.7 Å². The van der Waals surface area contributed by atoms with Crippen LogP contribution in [0.15, 0.2) is 48.5 Å². The van der Waals surface area contributed by atoms with Crippen LogP contribution in [0.4, 0.5) is 14.5 Å². The minimum atomic E-state index is -2.91. The van der Waals surface area contributed by atoms with Crippen molar-refractivity contribution in [1.82, 2.24) is 0 Å². The number of carbonyl (C=O) groups is 1. The van der Waals surface area contributed by atoms with Crippen LogP contribution in [0.1, 0.15) is 22.8 Å². The Kier molecular flexibility index (Phi) is 4.87. The Hall–Kier alpha value is -2.43. The molecule has 2 rings (SSSR count). The van der Waals surface area contributed by atoms with Gasteiger partial charge in [0.2, 0.25) is 0 Å². The number of nitrogens with one attached hydrogen (secondary N) is 1. The van der Waals surface area contributed by atoms with Crippen molar-refractivity contribution in [2.24, 2.45) is 0 Å². The normalized spacial score (nSPS) is 10.5. The van der Waals surface area contributed by atoms with Gasteiger partial charge in [-0.3, -0.25) is 4.79 Å². The Morgan fingerprint density at radius 3 is 2.52 bits per heavy atom. The van der Waals surface area contributed by atoms with Gasteiger partial charge in [-0.25, -0.2) is 0 Å². The van der Waals surface area contributed by atoms with Gasteiger partial charge >= 0.3 is 6.61 Å². The highest BCUT2D eigenvalue weighted by molar-refractivity contribution is 6.04. The van der Waals surface area contributed by atoms with Crippen LogP contribution in [0.3, 0.4) is 0 Å². The molecule has 21 heavy (non-hydrogen) atoms. The summed E-state index contributed by atoms with van der Waals surface area (Å²) in [4.78, 5) is 12.1. The zero-order valence-electron chi connectivity index (χ0n) is 11.5. The van der Waals surface area contributed by atoms with Crippen LogP contribution in [0.2, 0.25) is 0 Å². The molecule has 0 aliphatic rings. The summed E-state index contributed by atoms with van der Waals surface area (Å²) in [7, 11) is 0. The molecule has 1 N–H and O–H groups in total. The van der Waals surface area contributed by atoms with E-state index in [0.29, 0.717) is 5.69 Å². The number of hydrogen-bond donors (Lipinski definition) is 1. The van der Waals surface area contributed by atoms with Crippen molar-refractivity contribution < 1.29 is 18.3 Å². The number of ether oxygens (including phenoxy) is 1. The van der Waals surface area contributed by atoms with Gasteiger partial charge in [0.1, 0.15) is 5.75 Å². The predicted molar refractivity (Wildman–Crippen MR) is 76.8 cm³/mol. The lowest BCUT2D eigenvalue weighted by atomic mass is 10.1. The molecule has 0 atom stereocenters. The number of anilines is 1. The van der Waals surface area contributed by atoms with Gasteiger partial charge in [0.05, 0.1) is 0 Å². The maximum Gasteiger partial charge on any atom is 0.387 e. The summed E-state index contributed by atoms with van der Waals surface area (Å²) in [5.41, 5.74) is 2.07. The molecule has 2 aromatic rings. The molecule has 0 aromatic heterocycles. The fraction of sp³-hybridized carbons (Fsp3) is 0.188. The largest absolute Gasteiger partial charge is 0.435 e. The van der Waals surface area contributed by atoms with Gasteiger partial charge in [-0.05, 0) is 42.3 Å². The number of aryl methyl sites for hydroxylation is 1. The molecular weight excluding hydrogens is 276 g/mol. The summed E-state index contributed by atoms with van der Waals surface area (Å²) < 4.78 is 28.6. The number of halogens is 2. The Morgan fingerprint density at radius 2 is 1.90 bits per heavy atom. The van der Waals surface area contributed by atoms with Crippen LogP contribution < -0.4 is 10.1 Å². The van der Waals surface area contributed by atoms with Crippen molar-refractivity contribution in [2.75, 3.05) is 5.32 Å². The molecule has 0 saturated heterocycles. The molecule has 110 valence electrons. The molecule has 3 nitrogen and oxygen atoms in total. The Balaban J connectivity index is 2.08. The lowest BCUT2D eigenvalue weighted by Crippen LogP contribution is -2.12. The van der Waals surface area contributed by atoms with Gasteiger partial charge in [0, 0.05) is 11.3 Å². The molecule has 0 bridgehead atoms. The van der Waals surface area contributed by atoms with E-state index in [9.17, 15) is 13.6 Å². The molecule has 0 spiro atoms. The van der Waals surface area contributed by atoms with Crippen molar-refractivity contribution >= 4 is 11.6 Å². The minimum absolute atomic E-state index is 0.0426. The van der Waals surface area contributed by atoms with E-state index < -0.39 is 6.61 Å². The summed E-state index contributed by atoms with van der Waals surface area (Å²) in [6.45, 7) is -0.868. The molecule has 0 radical (unpaired) electrons. The van der Waals surface area contributed by atoms with Crippen LogP contribution >= 0.6 is 0 Å². The average molecular weight is 291 g/mol. The first kappa shape index (κ1) is 15.0. The summed E-state index contributed by atoms with van der Waals surface area (Å²) in [6, 6.07) is 13.1. The second kappa shape index (κ2) is 6.83. The van der Waals surface area contributed by atoms with E-state index in [1.807, 2.05) is 19.1 Å². The maximum absolute atomic E-state index is 12.1. The SMILES string of the molecule is CCc1ccc(NC(=O)c2cccc(OC(F)F)c2)cc1. The van der Waals surface area contributed by atoms with Crippen molar-refractivity contribution in [3.8, 4) is 5.75 Å². The highest BCUT2D eigenvalue weighted by Crippen LogP contribution is 2.17. The highest BCUT2D eigenvalue weighted by Gasteiger charge is 2.09. The van der Waals surface area contributed by atoms with Gasteiger partial charge < -0.3 is 10.1 Å². The third kappa shape index (κ3) is 4.27. The number of carbonyl (C=O) groups excluding carboxylic acids is 1. The van der Waals surface area contributed by atoms with Crippen molar-refractivity contribution in [2.45, 2.75) is 20.0 Å². The highest BCUT2D eigenvalue weighted by atomic mass is 19.3. The Labute approximate surface area is 121 Å². The fourth-order valence-electron chi connectivity index (χ4n) is 1.84. The molecule has 5 heteroatoms. The quantitative estimate of drug-likeness (QED) is 0.900. The lowest BCUT2D eigenvalue weighted by molar-refractivity contribution is -0.0498. The number of rotatable bonds is 5. The van der Waals surface area contributed by atoms with Crippen LogP contribution in [0.25, 0.3) is 0 Å². The first-order valence-electron chi connectivity index (χ1n) is 6.53. The Morgan fingerprint density at radius 1 is 1.19 bits per heavy atom. The second-order valence-corrected chi connectivity index (χ2v) is 4.41. The minimum Gasteiger partial charge on any atom is -0.435 e. The average Bonchev–Trinajstić information content (AvgIpc) is 2.47. The van der Waals surface area contributed by atoms with E-state index in [2.05, 4.69) is 10.1 Å². The van der Waals surface area contributed by atoms with Gasteiger partial charge in [-0.15, -0.1) is 0 Å². The van der Waals surface area contributed by atoms with E-state index in [-0.39, 0.29) is 17.2 Å². The van der Waals surface area contributed by atoms with Gasteiger partial charge in [0.25, 0.3) is 5.91 Å². The summed E-state index contributed by atoms with van der Waals surface area (Å²) in [6.07, 6.45) is 0.918. The van der Waals surface area contributed by atoms with E-state index in [1.165, 1.54) is 29.8 Å². The number of alkyl halides is 2. The summed E-state index contributed by atoms with van der Waals surface area (Å²) >= 11 is 0. The van der Waals surface area contributed by atoms with Crippen LogP contribution in [0.5, 0.6) is 5.75 Å². The third-order valence-corrected chi connectivity index (χ3v) is 2.94. The zero-order chi connectivity index (χ0) is 15.2. The third-order valence-electron chi connectivity index (χ3n) is 2.94. The number of amides is 1. The zero-order valence-corrected chi connectivity index (χ0v) is 11.5. The first-order valence-corrected chi connectivity index (χ1v) is 6.53. The topological polar surface area (TPSA) is 38.3 Å². The maximum atomic E-state index is 12.1. The molecule has 0 saturated carbocycles. The number of hydrogen-bond acceptors (Lipinski definition) is 2. The molecule has 1 amide bonds. The molecular formula is C16H15F2NO2. The molecule has 0 unspecified atom stereocenters. The van der Waals surface area contributed by atoms with E-state index >= 15 is 0 Å². The fourth-order valence-corrected chi connectivity index (χ4v) is 1.84. The van der Waals surface area contributed by atoms with E-state index in [4.69, 9.17) is 0 Å². The summed E-state index contributed by atoms with van der Waals surface area (Å²) in [5, 5.41) is 2.71. The van der Waals surface area contributed by atoms with E-state index in [0.717, 1.165) is 6.42 Å². The standard InChI is InChI=1S/C16H15F2NO2/c1-2-11-6-8-13(9-7-11)19-15(20)12-4-3-5-14(10-12)21-16(17)18/h3-10,16H,2H2,1H3,(H,19,20). The second-order valence-electron chi connectivity index (χ2n) is 4.41. The van der Waals surface area contributed by atoms with Crippen LogP contribution in [0, 0.1) is 0 Å². The molecule has 0 fully saturated rings. The predicted octanol–water partition coefficient (Wildman–Crippen LogP) is 4.10. The molecule has 2 aromatic carbocycles. The monoisotopic (exact) mass is 291 g/mol. The van der Waals surface area contributed by atoms with Crippen molar-refractivity contribution in [3.63, 3.8) is 0 Å². The molecule has 0 aliphatic heterocycles. The first-order chi connectivity index (χ1) is 10.1. The van der Waals surface area contributed by atoms with Gasteiger partial charge in [-0.1, -0.05) is 25.1 Å². The van der Waals surface area contributed by atoms with E-state index in [1.54, 1.807) is 12.1 Å². The Bertz CT molecular complexity index is 612. The summed E-state index contributed by atoms with van der Waals surface area (Å²) in [5.74, 6) is -0.419. The molecule has 0 aliphatic carbocycles. The van der Waals surface area contributed by atoms with Crippen LogP contribution in [-0.2, 0) is 6.42 Å². The smallest absolute Gasteiger partial charge is 0.387 e. The number of benzene rings is 2. The van der Waals surface area contributed by atoms with Crippen LogP contribution in [-0.4, -0.2) is 12.5 Å². The van der Waals surface area contributed by atoms with Gasteiger partial charge in [-0.2, -0.15) is 8.78 Å². The molecule has 0 heterocycles. The lowest BCUT2D eigenvalue weighted by Gasteiger charge is -2.08.